The van der Waals surface area contributed by atoms with Gasteiger partial charge in [0.05, 0.1) is 0 Å². The van der Waals surface area contributed by atoms with Crippen molar-refractivity contribution in [1.82, 2.24) is 0 Å². The van der Waals surface area contributed by atoms with Crippen LogP contribution >= 0.6 is 11.8 Å². The lowest BCUT2D eigenvalue weighted by Crippen LogP contribution is -2.26. The molecule has 0 bridgehead atoms. The standard InChI is InChI=1S/C5H8N2O3S/c6-5(7)11-3-2(8)1-10-4(3)9/h5,8H,1,6-7H2. The van der Waals surface area contributed by atoms with E-state index in [1.54, 1.807) is 0 Å². The normalized spacial score (nSPS) is 17.9. The van der Waals surface area contributed by atoms with Crippen molar-refractivity contribution in [3.8, 4) is 0 Å². The lowest BCUT2D eigenvalue weighted by molar-refractivity contribution is -0.135. The van der Waals surface area contributed by atoms with Gasteiger partial charge in [0.15, 0.2) is 5.76 Å². The quantitative estimate of drug-likeness (QED) is 0.378. The van der Waals surface area contributed by atoms with Gasteiger partial charge in [-0.3, -0.25) is 0 Å². The van der Waals surface area contributed by atoms with Crippen molar-refractivity contribution in [2.75, 3.05) is 6.61 Å². The van der Waals surface area contributed by atoms with Crippen LogP contribution < -0.4 is 11.5 Å². The van der Waals surface area contributed by atoms with E-state index < -0.39 is 11.5 Å². The molecule has 0 saturated carbocycles. The molecule has 0 aromatic carbocycles. The van der Waals surface area contributed by atoms with E-state index in [1.165, 1.54) is 0 Å². The van der Waals surface area contributed by atoms with E-state index >= 15 is 0 Å². The molecule has 5 N–H and O–H groups in total. The molecule has 11 heavy (non-hydrogen) atoms. The third-order valence-corrected chi connectivity index (χ3v) is 1.95. The summed E-state index contributed by atoms with van der Waals surface area (Å²) in [5.74, 6) is -0.658. The average Bonchev–Trinajstić information content (AvgIpc) is 2.18. The van der Waals surface area contributed by atoms with Crippen molar-refractivity contribution in [1.29, 1.82) is 0 Å². The molecule has 0 saturated heterocycles. The summed E-state index contributed by atoms with van der Waals surface area (Å²) in [6.07, 6.45) is 0. The predicted molar refractivity (Wildman–Crippen MR) is 40.4 cm³/mol. The number of thioether (sulfide) groups is 1. The van der Waals surface area contributed by atoms with Gasteiger partial charge in [-0.05, 0) is 0 Å². The van der Waals surface area contributed by atoms with Crippen LogP contribution in [0.25, 0.3) is 0 Å². The van der Waals surface area contributed by atoms with Crippen LogP contribution in [-0.2, 0) is 9.53 Å². The second kappa shape index (κ2) is 3.12. The lowest BCUT2D eigenvalue weighted by Gasteiger charge is -2.02. The minimum Gasteiger partial charge on any atom is -0.507 e. The second-order valence-corrected chi connectivity index (χ2v) is 3.12. The zero-order valence-electron chi connectivity index (χ0n) is 5.61. The Kier molecular flexibility index (Phi) is 2.38. The first-order valence-electron chi connectivity index (χ1n) is 2.88. The van der Waals surface area contributed by atoms with Crippen molar-refractivity contribution < 1.29 is 14.6 Å². The maximum absolute atomic E-state index is 10.7. The van der Waals surface area contributed by atoms with E-state index in [4.69, 9.17) is 16.6 Å². The van der Waals surface area contributed by atoms with Crippen molar-refractivity contribution in [2.45, 2.75) is 5.50 Å². The maximum atomic E-state index is 10.7. The van der Waals surface area contributed by atoms with Crippen LogP contribution in [-0.4, -0.2) is 23.2 Å². The van der Waals surface area contributed by atoms with Gasteiger partial charge in [-0.1, -0.05) is 11.8 Å². The predicted octanol–water partition coefficient (Wildman–Crippen LogP) is -0.753. The highest BCUT2D eigenvalue weighted by Crippen LogP contribution is 2.25. The topological polar surface area (TPSA) is 98.6 Å². The minimum atomic E-state index is -0.710. The minimum absolute atomic E-state index is 0.0755. The molecular weight excluding hydrogens is 168 g/mol. The molecule has 0 aromatic heterocycles. The van der Waals surface area contributed by atoms with Crippen LogP contribution in [0.3, 0.4) is 0 Å². The molecule has 0 aliphatic carbocycles. The fraction of sp³-hybridized carbons (Fsp3) is 0.400. The molecule has 62 valence electrons. The van der Waals surface area contributed by atoms with Gasteiger partial charge in [0.2, 0.25) is 0 Å². The largest absolute Gasteiger partial charge is 0.507 e. The van der Waals surface area contributed by atoms with Crippen molar-refractivity contribution in [3.63, 3.8) is 0 Å². The first-order chi connectivity index (χ1) is 5.11. The highest BCUT2D eigenvalue weighted by atomic mass is 32.2. The van der Waals surface area contributed by atoms with Crippen LogP contribution in [0.2, 0.25) is 0 Å². The van der Waals surface area contributed by atoms with E-state index in [-0.39, 0.29) is 17.3 Å². The smallest absolute Gasteiger partial charge is 0.348 e. The summed E-state index contributed by atoms with van der Waals surface area (Å²) >= 11 is 0.889. The number of aliphatic hydroxyl groups excluding tert-OH is 1. The number of ether oxygens (including phenoxy) is 1. The fourth-order valence-electron chi connectivity index (χ4n) is 0.635. The SMILES string of the molecule is NC(N)SC1=C(O)COC1=O. The van der Waals surface area contributed by atoms with Gasteiger partial charge in [0.1, 0.15) is 17.0 Å². The van der Waals surface area contributed by atoms with Gasteiger partial charge in [0, 0.05) is 0 Å². The number of carbonyl (C=O) groups is 1. The summed E-state index contributed by atoms with van der Waals surface area (Å²) in [5.41, 5.74) is 9.66. The summed E-state index contributed by atoms with van der Waals surface area (Å²) in [5, 5.41) is 9.01. The molecular formula is C5H8N2O3S. The number of hydrogen-bond acceptors (Lipinski definition) is 6. The Hall–Kier alpha value is -0.720. The molecule has 0 radical (unpaired) electrons. The number of nitrogens with two attached hydrogens (primary N) is 2. The first-order valence-corrected chi connectivity index (χ1v) is 3.76. The van der Waals surface area contributed by atoms with Crippen LogP contribution in [0, 0.1) is 0 Å². The maximum Gasteiger partial charge on any atom is 0.348 e. The second-order valence-electron chi connectivity index (χ2n) is 1.93. The Morgan fingerprint density at radius 3 is 2.64 bits per heavy atom. The molecule has 0 atom stereocenters. The molecule has 0 spiro atoms. The third kappa shape index (κ3) is 1.86. The summed E-state index contributed by atoms with van der Waals surface area (Å²) in [6, 6.07) is 0. The van der Waals surface area contributed by atoms with Gasteiger partial charge in [0.25, 0.3) is 0 Å². The number of hydrogen-bond donors (Lipinski definition) is 3. The Balaban J connectivity index is 2.67. The van der Waals surface area contributed by atoms with Crippen LogP contribution in [0.5, 0.6) is 0 Å². The monoisotopic (exact) mass is 176 g/mol. The lowest BCUT2D eigenvalue weighted by atomic mass is 10.5. The van der Waals surface area contributed by atoms with E-state index in [0.717, 1.165) is 11.8 Å². The number of cyclic esters (lactones) is 1. The summed E-state index contributed by atoms with van der Waals surface area (Å²) < 4.78 is 4.48. The summed E-state index contributed by atoms with van der Waals surface area (Å²) in [6.45, 7) is -0.0755. The highest BCUT2D eigenvalue weighted by Gasteiger charge is 2.25. The first kappa shape index (κ1) is 8.38. The molecule has 0 aromatic rings. The number of esters is 1. The van der Waals surface area contributed by atoms with E-state index in [0.29, 0.717) is 0 Å². The van der Waals surface area contributed by atoms with Gasteiger partial charge < -0.3 is 21.3 Å². The van der Waals surface area contributed by atoms with E-state index in [9.17, 15) is 4.79 Å². The number of aliphatic hydroxyl groups is 1. The van der Waals surface area contributed by atoms with Gasteiger partial charge >= 0.3 is 5.97 Å². The van der Waals surface area contributed by atoms with E-state index in [2.05, 4.69) is 4.74 Å². The van der Waals surface area contributed by atoms with Crippen LogP contribution in [0.15, 0.2) is 10.7 Å². The molecule has 0 amide bonds. The molecule has 5 nitrogen and oxygen atoms in total. The van der Waals surface area contributed by atoms with Gasteiger partial charge in [-0.2, -0.15) is 0 Å². The highest BCUT2D eigenvalue weighted by molar-refractivity contribution is 8.04. The summed E-state index contributed by atoms with van der Waals surface area (Å²) in [7, 11) is 0. The summed E-state index contributed by atoms with van der Waals surface area (Å²) in [4.78, 5) is 10.9. The van der Waals surface area contributed by atoms with Crippen LogP contribution in [0.1, 0.15) is 0 Å². The Labute approximate surface area is 67.4 Å². The Morgan fingerprint density at radius 1 is 1.64 bits per heavy atom. The van der Waals surface area contributed by atoms with Crippen molar-refractivity contribution in [3.05, 3.63) is 10.7 Å². The van der Waals surface area contributed by atoms with Crippen LogP contribution in [0.4, 0.5) is 0 Å². The molecule has 1 aliphatic rings. The zero-order chi connectivity index (χ0) is 8.43. The zero-order valence-corrected chi connectivity index (χ0v) is 6.43. The average molecular weight is 176 g/mol. The molecule has 6 heteroatoms. The fourth-order valence-corrected chi connectivity index (χ4v) is 1.26. The molecule has 1 aliphatic heterocycles. The van der Waals surface area contributed by atoms with Crippen molar-refractivity contribution >= 4 is 17.7 Å². The third-order valence-electron chi connectivity index (χ3n) is 1.04. The Bertz CT molecular complexity index is 214. The van der Waals surface area contributed by atoms with Crippen molar-refractivity contribution in [2.24, 2.45) is 11.5 Å². The molecule has 1 rings (SSSR count). The number of carbonyl (C=O) groups excluding carboxylic acids is 1. The molecule has 0 unspecified atom stereocenters. The molecule has 1 heterocycles. The number of rotatable bonds is 2. The molecule has 0 fully saturated rings. The van der Waals surface area contributed by atoms with E-state index in [1.807, 2.05) is 0 Å². The van der Waals surface area contributed by atoms with Gasteiger partial charge in [-0.25, -0.2) is 4.79 Å². The Morgan fingerprint density at radius 2 is 2.27 bits per heavy atom. The van der Waals surface area contributed by atoms with Gasteiger partial charge in [-0.15, -0.1) is 0 Å².